The van der Waals surface area contributed by atoms with Gasteiger partial charge in [0.25, 0.3) is 11.6 Å². The van der Waals surface area contributed by atoms with Gasteiger partial charge in [-0.05, 0) is 25.1 Å². The molecule has 2 aromatic heterocycles. The summed E-state index contributed by atoms with van der Waals surface area (Å²) in [5.41, 5.74) is 2.89. The number of hydrazone groups is 1. The molecular weight excluding hydrogens is 418 g/mol. The zero-order chi connectivity index (χ0) is 20.8. The Labute approximate surface area is 173 Å². The van der Waals surface area contributed by atoms with Crippen molar-refractivity contribution in [3.8, 4) is 17.1 Å². The molecule has 0 radical (unpaired) electrons. The van der Waals surface area contributed by atoms with Crippen LogP contribution in [0.15, 0.2) is 44.2 Å². The number of ether oxygens (including phenoxy) is 1. The molecule has 12 heteroatoms. The third-order valence-corrected chi connectivity index (χ3v) is 5.48. The molecule has 0 unspecified atom stereocenters. The highest BCUT2D eigenvalue weighted by Crippen LogP contribution is 2.34. The topological polar surface area (TPSA) is 133 Å². The lowest BCUT2D eigenvalue weighted by molar-refractivity contribution is -0.384. The number of nitrogens with zero attached hydrogens (tertiary/aromatic N) is 4. The Morgan fingerprint density at radius 2 is 2.24 bits per heavy atom. The average Bonchev–Trinajstić information content (AvgIpc) is 3.34. The monoisotopic (exact) mass is 433 g/mol. The van der Waals surface area contributed by atoms with Crippen LogP contribution in [-0.2, 0) is 4.79 Å². The molecule has 1 aromatic carbocycles. The number of furan rings is 1. The number of carbonyl (C=O) groups is 1. The smallest absolute Gasteiger partial charge is 0.273 e. The largest absolute Gasteiger partial charge is 0.496 e. The van der Waals surface area contributed by atoms with E-state index in [0.717, 1.165) is 5.01 Å². The molecule has 0 aliphatic heterocycles. The zero-order valence-electron chi connectivity index (χ0n) is 15.3. The van der Waals surface area contributed by atoms with Crippen molar-refractivity contribution in [2.75, 3.05) is 12.9 Å². The molecule has 0 aliphatic carbocycles. The summed E-state index contributed by atoms with van der Waals surface area (Å²) in [7, 11) is 1.42. The highest BCUT2D eigenvalue weighted by Gasteiger charge is 2.15. The van der Waals surface area contributed by atoms with E-state index in [1.54, 1.807) is 18.2 Å². The fourth-order valence-electron chi connectivity index (χ4n) is 2.23. The standard InChI is InChI=1S/C17H15N5O5S2/c1-10-19-21-17(29-10)28-9-16(23)20-18-8-12-4-6-14(27-12)13-5-3-11(22(24)25)7-15(13)26-2/h3-8H,9H2,1-2H3,(H,20,23)/b18-8-. The SMILES string of the molecule is COc1cc([N+](=O)[O-])ccc1-c1ccc(/C=N\NC(=O)CSc2nnc(C)s2)o1. The van der Waals surface area contributed by atoms with Crippen molar-refractivity contribution in [1.29, 1.82) is 0 Å². The van der Waals surface area contributed by atoms with E-state index in [-0.39, 0.29) is 17.3 Å². The van der Waals surface area contributed by atoms with E-state index in [4.69, 9.17) is 9.15 Å². The van der Waals surface area contributed by atoms with Gasteiger partial charge >= 0.3 is 0 Å². The lowest BCUT2D eigenvalue weighted by Crippen LogP contribution is -2.19. The highest BCUT2D eigenvalue weighted by atomic mass is 32.2. The number of hydrogen-bond donors (Lipinski definition) is 1. The molecule has 2 heterocycles. The first-order chi connectivity index (χ1) is 14.0. The molecule has 29 heavy (non-hydrogen) atoms. The number of amides is 1. The Balaban J connectivity index is 1.60. The van der Waals surface area contributed by atoms with E-state index < -0.39 is 4.92 Å². The van der Waals surface area contributed by atoms with E-state index in [9.17, 15) is 14.9 Å². The molecule has 0 spiro atoms. The van der Waals surface area contributed by atoms with Crippen molar-refractivity contribution >= 4 is 40.9 Å². The second kappa shape index (κ2) is 9.30. The Bertz CT molecular complexity index is 1060. The van der Waals surface area contributed by atoms with Gasteiger partial charge in [0, 0.05) is 6.07 Å². The fraction of sp³-hybridized carbons (Fsp3) is 0.176. The molecule has 0 fully saturated rings. The fourth-order valence-corrected chi connectivity index (χ4v) is 3.84. The number of nitro benzene ring substituents is 1. The predicted molar refractivity (Wildman–Crippen MR) is 108 cm³/mol. The van der Waals surface area contributed by atoms with Gasteiger partial charge in [-0.15, -0.1) is 10.2 Å². The number of aromatic nitrogens is 2. The first-order valence-corrected chi connectivity index (χ1v) is 9.94. The number of non-ortho nitro benzene ring substituents is 1. The van der Waals surface area contributed by atoms with Gasteiger partial charge in [0.15, 0.2) is 4.34 Å². The first kappa shape index (κ1) is 20.5. The zero-order valence-corrected chi connectivity index (χ0v) is 17.0. The summed E-state index contributed by atoms with van der Waals surface area (Å²) in [6.07, 6.45) is 1.36. The second-order valence-electron chi connectivity index (χ2n) is 5.51. The van der Waals surface area contributed by atoms with E-state index in [2.05, 4.69) is 20.7 Å². The molecule has 3 aromatic rings. The third-order valence-electron chi connectivity index (χ3n) is 3.50. The minimum atomic E-state index is -0.500. The van der Waals surface area contributed by atoms with Crippen molar-refractivity contribution in [2.45, 2.75) is 11.3 Å². The molecule has 0 saturated heterocycles. The van der Waals surface area contributed by atoms with Gasteiger partial charge in [0.1, 0.15) is 22.3 Å². The van der Waals surface area contributed by atoms with Gasteiger partial charge in [-0.2, -0.15) is 5.10 Å². The minimum Gasteiger partial charge on any atom is -0.496 e. The number of benzene rings is 1. The van der Waals surface area contributed by atoms with E-state index in [0.29, 0.717) is 27.2 Å². The van der Waals surface area contributed by atoms with Crippen LogP contribution in [0.3, 0.4) is 0 Å². The van der Waals surface area contributed by atoms with Gasteiger partial charge < -0.3 is 9.15 Å². The Kier molecular flexibility index (Phi) is 6.57. The van der Waals surface area contributed by atoms with Gasteiger partial charge in [0.05, 0.1) is 35.6 Å². The summed E-state index contributed by atoms with van der Waals surface area (Å²) in [6.45, 7) is 1.84. The van der Waals surface area contributed by atoms with Gasteiger partial charge in [0.2, 0.25) is 0 Å². The Morgan fingerprint density at radius 3 is 2.93 bits per heavy atom. The number of rotatable bonds is 8. The summed E-state index contributed by atoms with van der Waals surface area (Å²) < 4.78 is 11.6. The van der Waals surface area contributed by atoms with Crippen LogP contribution in [0.1, 0.15) is 10.8 Å². The molecule has 0 bridgehead atoms. The summed E-state index contributed by atoms with van der Waals surface area (Å²) in [4.78, 5) is 22.2. The Hall–Kier alpha value is -3.25. The van der Waals surface area contributed by atoms with Crippen LogP contribution >= 0.6 is 23.1 Å². The van der Waals surface area contributed by atoms with E-state index in [1.807, 2.05) is 6.92 Å². The summed E-state index contributed by atoms with van der Waals surface area (Å²) in [5.74, 6) is 1.03. The third kappa shape index (κ3) is 5.39. The molecule has 0 atom stereocenters. The van der Waals surface area contributed by atoms with Gasteiger partial charge in [-0.25, -0.2) is 5.43 Å². The number of aryl methyl sites for hydroxylation is 1. The van der Waals surface area contributed by atoms with Crippen LogP contribution < -0.4 is 10.2 Å². The van der Waals surface area contributed by atoms with Crippen molar-refractivity contribution in [1.82, 2.24) is 15.6 Å². The van der Waals surface area contributed by atoms with Crippen LogP contribution in [0.5, 0.6) is 5.75 Å². The molecule has 10 nitrogen and oxygen atoms in total. The maximum absolute atomic E-state index is 11.8. The molecule has 1 amide bonds. The van der Waals surface area contributed by atoms with Crippen molar-refractivity contribution in [3.63, 3.8) is 0 Å². The van der Waals surface area contributed by atoms with Crippen LogP contribution in [0.4, 0.5) is 5.69 Å². The maximum Gasteiger partial charge on any atom is 0.273 e. The van der Waals surface area contributed by atoms with E-state index in [1.165, 1.54) is 48.6 Å². The van der Waals surface area contributed by atoms with Crippen LogP contribution in [-0.4, -0.2) is 40.1 Å². The van der Waals surface area contributed by atoms with E-state index >= 15 is 0 Å². The first-order valence-electron chi connectivity index (χ1n) is 8.13. The number of nitrogens with one attached hydrogen (secondary N) is 1. The predicted octanol–water partition coefficient (Wildman–Crippen LogP) is 3.27. The quantitative estimate of drug-likeness (QED) is 0.248. The molecule has 1 N–H and O–H groups in total. The minimum absolute atomic E-state index is 0.0804. The lowest BCUT2D eigenvalue weighted by Gasteiger charge is -2.05. The summed E-state index contributed by atoms with van der Waals surface area (Å²) >= 11 is 2.69. The molecule has 0 saturated carbocycles. The van der Waals surface area contributed by atoms with Gasteiger partial charge in [-0.1, -0.05) is 23.1 Å². The number of methoxy groups -OCH3 is 1. The molecule has 0 aliphatic rings. The van der Waals surface area contributed by atoms with Crippen molar-refractivity contribution in [3.05, 3.63) is 51.2 Å². The average molecular weight is 433 g/mol. The number of thioether (sulfide) groups is 1. The van der Waals surface area contributed by atoms with Gasteiger partial charge in [-0.3, -0.25) is 14.9 Å². The Morgan fingerprint density at radius 1 is 1.41 bits per heavy atom. The van der Waals surface area contributed by atoms with Crippen LogP contribution in [0, 0.1) is 17.0 Å². The summed E-state index contributed by atoms with van der Waals surface area (Å²) in [5, 5.41) is 23.4. The summed E-state index contributed by atoms with van der Waals surface area (Å²) in [6, 6.07) is 7.57. The number of nitro groups is 1. The van der Waals surface area contributed by atoms with Crippen molar-refractivity contribution in [2.24, 2.45) is 5.10 Å². The van der Waals surface area contributed by atoms with Crippen LogP contribution in [0.2, 0.25) is 0 Å². The molecule has 150 valence electrons. The second-order valence-corrected chi connectivity index (χ2v) is 7.92. The van der Waals surface area contributed by atoms with Crippen LogP contribution in [0.25, 0.3) is 11.3 Å². The maximum atomic E-state index is 11.8. The molecular formula is C17H15N5O5S2. The number of hydrogen-bond acceptors (Lipinski definition) is 10. The molecule has 3 rings (SSSR count). The highest BCUT2D eigenvalue weighted by molar-refractivity contribution is 8.01. The lowest BCUT2D eigenvalue weighted by atomic mass is 10.1. The van der Waals surface area contributed by atoms with Crippen molar-refractivity contribution < 1.29 is 18.9 Å². The number of carbonyl (C=O) groups excluding carboxylic acids is 1. The normalized spacial score (nSPS) is 11.0.